The second-order valence-electron chi connectivity index (χ2n) is 5.61. The van der Waals surface area contributed by atoms with Crippen molar-refractivity contribution in [1.82, 2.24) is 0 Å². The van der Waals surface area contributed by atoms with Crippen molar-refractivity contribution in [1.29, 1.82) is 0 Å². The second kappa shape index (κ2) is 5.78. The van der Waals surface area contributed by atoms with Crippen LogP contribution in [0.2, 0.25) is 0 Å². The Morgan fingerprint density at radius 1 is 0.905 bits per heavy atom. The van der Waals surface area contributed by atoms with Gasteiger partial charge < -0.3 is 15.4 Å². The number of nitrogens with zero attached hydrogens (tertiary/aromatic N) is 1. The standard InChI is InChI=1S/C18H22N2O/c1-13-5-3-7-15(19)17(13)18-14(2)6-4-8-16(18)20-9-11-21-12-10-20/h3-8H,9-12,19H2,1-2H3. The number of rotatable bonds is 2. The maximum Gasteiger partial charge on any atom is 0.0642 e. The Morgan fingerprint density at radius 2 is 1.52 bits per heavy atom. The lowest BCUT2D eigenvalue weighted by Gasteiger charge is -2.32. The molecule has 3 heteroatoms. The van der Waals surface area contributed by atoms with Gasteiger partial charge in [0.05, 0.1) is 13.2 Å². The van der Waals surface area contributed by atoms with E-state index in [2.05, 4.69) is 43.0 Å². The molecule has 2 aromatic rings. The highest BCUT2D eigenvalue weighted by Crippen LogP contribution is 2.39. The van der Waals surface area contributed by atoms with Crippen LogP contribution in [0.4, 0.5) is 11.4 Å². The van der Waals surface area contributed by atoms with Crippen molar-refractivity contribution in [2.24, 2.45) is 0 Å². The molecule has 2 N–H and O–H groups in total. The van der Waals surface area contributed by atoms with E-state index >= 15 is 0 Å². The molecule has 0 atom stereocenters. The molecule has 3 rings (SSSR count). The summed E-state index contributed by atoms with van der Waals surface area (Å²) >= 11 is 0. The molecule has 3 nitrogen and oxygen atoms in total. The number of benzene rings is 2. The first-order valence-corrected chi connectivity index (χ1v) is 7.46. The fourth-order valence-corrected chi connectivity index (χ4v) is 3.08. The van der Waals surface area contributed by atoms with Gasteiger partial charge in [-0.05, 0) is 37.1 Å². The van der Waals surface area contributed by atoms with Crippen LogP contribution in [-0.2, 0) is 4.74 Å². The van der Waals surface area contributed by atoms with Crippen LogP contribution in [0.3, 0.4) is 0 Å². The van der Waals surface area contributed by atoms with Crippen molar-refractivity contribution >= 4 is 11.4 Å². The summed E-state index contributed by atoms with van der Waals surface area (Å²) in [4.78, 5) is 2.40. The van der Waals surface area contributed by atoms with Crippen LogP contribution in [0.15, 0.2) is 36.4 Å². The molecule has 1 heterocycles. The van der Waals surface area contributed by atoms with E-state index in [4.69, 9.17) is 10.5 Å². The van der Waals surface area contributed by atoms with Gasteiger partial charge in [0.25, 0.3) is 0 Å². The van der Waals surface area contributed by atoms with Crippen molar-refractivity contribution < 1.29 is 4.74 Å². The van der Waals surface area contributed by atoms with Gasteiger partial charge in [-0.2, -0.15) is 0 Å². The summed E-state index contributed by atoms with van der Waals surface area (Å²) in [6.07, 6.45) is 0. The first-order chi connectivity index (χ1) is 10.2. The number of nitrogen functional groups attached to an aromatic ring is 1. The van der Waals surface area contributed by atoms with E-state index in [0.29, 0.717) is 0 Å². The van der Waals surface area contributed by atoms with Crippen LogP contribution in [0.5, 0.6) is 0 Å². The molecule has 1 aliphatic rings. The molecule has 0 radical (unpaired) electrons. The average Bonchev–Trinajstić information content (AvgIpc) is 2.49. The Bertz CT molecular complexity index is 625. The van der Waals surface area contributed by atoms with Gasteiger partial charge in [0.1, 0.15) is 0 Å². The highest BCUT2D eigenvalue weighted by Gasteiger charge is 2.19. The third-order valence-electron chi connectivity index (χ3n) is 4.16. The summed E-state index contributed by atoms with van der Waals surface area (Å²) in [5.74, 6) is 0. The predicted molar refractivity (Wildman–Crippen MR) is 88.8 cm³/mol. The lowest BCUT2D eigenvalue weighted by Crippen LogP contribution is -2.36. The number of aryl methyl sites for hydroxylation is 2. The molecule has 0 amide bonds. The van der Waals surface area contributed by atoms with E-state index in [1.54, 1.807) is 0 Å². The summed E-state index contributed by atoms with van der Waals surface area (Å²) in [6.45, 7) is 7.73. The van der Waals surface area contributed by atoms with Gasteiger partial charge in [-0.25, -0.2) is 0 Å². The fourth-order valence-electron chi connectivity index (χ4n) is 3.08. The normalized spacial score (nSPS) is 15.2. The highest BCUT2D eigenvalue weighted by atomic mass is 16.5. The van der Waals surface area contributed by atoms with E-state index in [1.807, 2.05) is 12.1 Å². The molecule has 21 heavy (non-hydrogen) atoms. The first kappa shape index (κ1) is 14.0. The molecule has 2 aromatic carbocycles. The zero-order valence-electron chi connectivity index (χ0n) is 12.7. The second-order valence-corrected chi connectivity index (χ2v) is 5.61. The summed E-state index contributed by atoms with van der Waals surface area (Å²) in [5, 5.41) is 0. The number of morpholine rings is 1. The van der Waals surface area contributed by atoms with E-state index < -0.39 is 0 Å². The Balaban J connectivity index is 2.17. The van der Waals surface area contributed by atoms with E-state index in [-0.39, 0.29) is 0 Å². The molecule has 0 unspecified atom stereocenters. The van der Waals surface area contributed by atoms with Gasteiger partial charge in [-0.1, -0.05) is 24.3 Å². The van der Waals surface area contributed by atoms with Crippen molar-refractivity contribution in [3.63, 3.8) is 0 Å². The minimum atomic E-state index is 0.788. The van der Waals surface area contributed by atoms with Gasteiger partial charge in [0.15, 0.2) is 0 Å². The zero-order valence-corrected chi connectivity index (χ0v) is 12.7. The molecule has 110 valence electrons. The highest BCUT2D eigenvalue weighted by molar-refractivity contribution is 5.89. The summed E-state index contributed by atoms with van der Waals surface area (Å²) in [5.41, 5.74) is 13.3. The molecule has 0 spiro atoms. The largest absolute Gasteiger partial charge is 0.398 e. The quantitative estimate of drug-likeness (QED) is 0.858. The molecule has 0 aliphatic carbocycles. The monoisotopic (exact) mass is 282 g/mol. The fraction of sp³-hybridized carbons (Fsp3) is 0.333. The SMILES string of the molecule is Cc1cccc(N)c1-c1c(C)cccc1N1CCOCC1. The summed E-state index contributed by atoms with van der Waals surface area (Å²) < 4.78 is 5.48. The number of ether oxygens (including phenoxy) is 1. The molecular weight excluding hydrogens is 260 g/mol. The van der Waals surface area contributed by atoms with Crippen LogP contribution in [0.25, 0.3) is 11.1 Å². The van der Waals surface area contributed by atoms with Crippen molar-refractivity contribution in [2.75, 3.05) is 36.9 Å². The average molecular weight is 282 g/mol. The van der Waals surface area contributed by atoms with Crippen molar-refractivity contribution in [3.8, 4) is 11.1 Å². The van der Waals surface area contributed by atoms with Gasteiger partial charge in [0.2, 0.25) is 0 Å². The molecule has 0 saturated carbocycles. The van der Waals surface area contributed by atoms with Crippen molar-refractivity contribution in [3.05, 3.63) is 47.5 Å². The third-order valence-corrected chi connectivity index (χ3v) is 4.16. The Labute approximate surface area is 126 Å². The number of hydrogen-bond acceptors (Lipinski definition) is 3. The maximum absolute atomic E-state index is 6.28. The Morgan fingerprint density at radius 3 is 2.19 bits per heavy atom. The van der Waals surface area contributed by atoms with E-state index in [0.717, 1.165) is 37.6 Å². The lowest BCUT2D eigenvalue weighted by atomic mass is 9.93. The molecule has 1 fully saturated rings. The molecule has 0 bridgehead atoms. The van der Waals surface area contributed by atoms with Gasteiger partial charge in [0, 0.05) is 35.6 Å². The summed E-state index contributed by atoms with van der Waals surface area (Å²) in [7, 11) is 0. The zero-order chi connectivity index (χ0) is 14.8. The summed E-state index contributed by atoms with van der Waals surface area (Å²) in [6, 6.07) is 12.6. The van der Waals surface area contributed by atoms with Crippen LogP contribution < -0.4 is 10.6 Å². The van der Waals surface area contributed by atoms with Gasteiger partial charge in [-0.3, -0.25) is 0 Å². The smallest absolute Gasteiger partial charge is 0.0642 e. The molecule has 1 saturated heterocycles. The molecule has 0 aromatic heterocycles. The van der Waals surface area contributed by atoms with Gasteiger partial charge >= 0.3 is 0 Å². The topological polar surface area (TPSA) is 38.5 Å². The first-order valence-electron chi connectivity index (χ1n) is 7.46. The number of hydrogen-bond donors (Lipinski definition) is 1. The Kier molecular flexibility index (Phi) is 3.84. The Hall–Kier alpha value is -2.00. The maximum atomic E-state index is 6.28. The molecule has 1 aliphatic heterocycles. The van der Waals surface area contributed by atoms with Crippen LogP contribution >= 0.6 is 0 Å². The number of nitrogens with two attached hydrogens (primary N) is 1. The van der Waals surface area contributed by atoms with Crippen LogP contribution in [0.1, 0.15) is 11.1 Å². The lowest BCUT2D eigenvalue weighted by molar-refractivity contribution is 0.123. The molecular formula is C18H22N2O. The van der Waals surface area contributed by atoms with Crippen molar-refractivity contribution in [2.45, 2.75) is 13.8 Å². The number of anilines is 2. The van der Waals surface area contributed by atoms with E-state index in [1.165, 1.54) is 22.4 Å². The third kappa shape index (κ3) is 2.61. The van der Waals surface area contributed by atoms with Crippen LogP contribution in [0, 0.1) is 13.8 Å². The minimum absolute atomic E-state index is 0.788. The predicted octanol–water partition coefficient (Wildman–Crippen LogP) is 3.39. The van der Waals surface area contributed by atoms with Gasteiger partial charge in [-0.15, -0.1) is 0 Å². The van der Waals surface area contributed by atoms with E-state index in [9.17, 15) is 0 Å². The van der Waals surface area contributed by atoms with Crippen LogP contribution in [-0.4, -0.2) is 26.3 Å². The minimum Gasteiger partial charge on any atom is -0.398 e.